The van der Waals surface area contributed by atoms with Crippen molar-refractivity contribution >= 4 is 5.78 Å². The molecule has 0 amide bonds. The molecular weight excluding hydrogens is 504 g/mol. The first-order chi connectivity index (χ1) is 18.9. The molecule has 0 aromatic carbocycles. The van der Waals surface area contributed by atoms with Crippen molar-refractivity contribution in [3.8, 4) is 0 Å². The van der Waals surface area contributed by atoms with Crippen molar-refractivity contribution in [3.63, 3.8) is 0 Å². The molecular formula is C38H62O3. The molecule has 0 radical (unpaired) electrons. The lowest BCUT2D eigenvalue weighted by Gasteiger charge is -2.64. The number of Topliss-reactive ketones (excluding diaryl/α,β-unsaturated/α-hetero) is 1. The monoisotopic (exact) mass is 566 g/mol. The summed E-state index contributed by atoms with van der Waals surface area (Å²) in [5.74, 6) is 4.91. The van der Waals surface area contributed by atoms with E-state index in [0.29, 0.717) is 41.3 Å². The Labute approximate surface area is 252 Å². The van der Waals surface area contributed by atoms with E-state index in [2.05, 4.69) is 75.3 Å². The van der Waals surface area contributed by atoms with Crippen LogP contribution in [0.25, 0.3) is 0 Å². The second kappa shape index (κ2) is 10.2. The van der Waals surface area contributed by atoms with Crippen LogP contribution in [0.3, 0.4) is 0 Å². The highest BCUT2D eigenvalue weighted by atomic mass is 16.5. The molecule has 8 atom stereocenters. The Hall–Kier alpha value is -1.25. The summed E-state index contributed by atoms with van der Waals surface area (Å²) in [5, 5.41) is 0. The molecule has 8 unspecified atom stereocenters. The van der Waals surface area contributed by atoms with Gasteiger partial charge in [-0.2, -0.15) is 0 Å². The molecule has 4 fully saturated rings. The molecule has 3 heteroatoms. The summed E-state index contributed by atoms with van der Waals surface area (Å²) in [6.07, 6.45) is 16.0. The molecule has 4 saturated carbocycles. The Morgan fingerprint density at radius 3 is 2.24 bits per heavy atom. The number of ether oxygens (including phenoxy) is 2. The van der Waals surface area contributed by atoms with Crippen LogP contribution in [0.15, 0.2) is 23.2 Å². The number of rotatable bonds is 5. The molecule has 0 bridgehead atoms. The smallest absolute Gasteiger partial charge is 0.129 e. The Bertz CT molecular complexity index is 1110. The van der Waals surface area contributed by atoms with Gasteiger partial charge < -0.3 is 14.3 Å². The van der Waals surface area contributed by atoms with Gasteiger partial charge in [-0.1, -0.05) is 48.0 Å². The van der Waals surface area contributed by atoms with Gasteiger partial charge in [0.2, 0.25) is 0 Å². The molecule has 5 aliphatic rings. The minimum Gasteiger partial charge on any atom is -0.492 e. The molecule has 0 aromatic heterocycles. The quantitative estimate of drug-likeness (QED) is 0.310. The molecule has 232 valence electrons. The molecule has 5 rings (SSSR count). The summed E-state index contributed by atoms with van der Waals surface area (Å²) in [5.41, 5.74) is 2.22. The van der Waals surface area contributed by atoms with Gasteiger partial charge in [-0.05, 0) is 144 Å². The van der Waals surface area contributed by atoms with Crippen molar-refractivity contribution in [2.24, 2.45) is 45.3 Å². The van der Waals surface area contributed by atoms with Gasteiger partial charge in [-0.25, -0.2) is 0 Å². The molecule has 1 heterocycles. The lowest BCUT2D eigenvalue weighted by molar-refractivity contribution is -0.183. The van der Waals surface area contributed by atoms with Gasteiger partial charge in [0, 0.05) is 18.3 Å². The second-order valence-electron chi connectivity index (χ2n) is 17.5. The minimum atomic E-state index is -0.229. The normalized spacial score (nSPS) is 46.2. The summed E-state index contributed by atoms with van der Waals surface area (Å²) in [6.45, 7) is 26.2. The fraction of sp³-hybridized carbons (Fsp3) is 0.868. The van der Waals surface area contributed by atoms with Crippen LogP contribution in [-0.2, 0) is 14.3 Å². The molecule has 0 spiro atoms. The third-order valence-corrected chi connectivity index (χ3v) is 14.2. The van der Waals surface area contributed by atoms with E-state index in [1.807, 2.05) is 0 Å². The second-order valence-corrected chi connectivity index (χ2v) is 17.5. The number of fused-ring (bicyclic) bond motifs is 4. The molecule has 3 nitrogen and oxygen atoms in total. The SMILES string of the molecule is CC(=O)CCC1C(C)(OC(C)=C2CCC3(C)C4CC=C(C)OC4(C)CCC3C2(C)C)CCC2C(C)(C)CCCC21C. The van der Waals surface area contributed by atoms with Crippen LogP contribution >= 0.6 is 0 Å². The van der Waals surface area contributed by atoms with E-state index >= 15 is 0 Å². The summed E-state index contributed by atoms with van der Waals surface area (Å²) in [4.78, 5) is 12.3. The third kappa shape index (κ3) is 4.96. The van der Waals surface area contributed by atoms with Crippen LogP contribution in [-0.4, -0.2) is 17.0 Å². The first-order valence-corrected chi connectivity index (χ1v) is 17.1. The molecule has 0 saturated heterocycles. The topological polar surface area (TPSA) is 35.5 Å². The molecule has 4 aliphatic carbocycles. The number of ketones is 1. The summed E-state index contributed by atoms with van der Waals surface area (Å²) >= 11 is 0. The predicted molar refractivity (Wildman–Crippen MR) is 169 cm³/mol. The highest BCUT2D eigenvalue weighted by Crippen LogP contribution is 2.67. The van der Waals surface area contributed by atoms with Gasteiger partial charge in [0.25, 0.3) is 0 Å². The minimum absolute atomic E-state index is 0.0355. The van der Waals surface area contributed by atoms with Crippen molar-refractivity contribution in [2.45, 2.75) is 164 Å². The van der Waals surface area contributed by atoms with Crippen LogP contribution in [0, 0.1) is 45.3 Å². The van der Waals surface area contributed by atoms with Gasteiger partial charge in [0.1, 0.15) is 17.0 Å². The Balaban J connectivity index is 1.46. The van der Waals surface area contributed by atoms with Gasteiger partial charge in [-0.15, -0.1) is 0 Å². The Morgan fingerprint density at radius 1 is 0.878 bits per heavy atom. The largest absolute Gasteiger partial charge is 0.492 e. The maximum atomic E-state index is 12.3. The van der Waals surface area contributed by atoms with Crippen molar-refractivity contribution in [2.75, 3.05) is 0 Å². The van der Waals surface area contributed by atoms with E-state index in [1.54, 1.807) is 12.5 Å². The number of hydrogen-bond acceptors (Lipinski definition) is 3. The zero-order valence-electron chi connectivity index (χ0n) is 28.6. The van der Waals surface area contributed by atoms with E-state index < -0.39 is 0 Å². The Morgan fingerprint density at radius 2 is 1.56 bits per heavy atom. The molecule has 0 N–H and O–H groups in total. The fourth-order valence-corrected chi connectivity index (χ4v) is 12.4. The Kier molecular flexibility index (Phi) is 7.72. The number of hydrogen-bond donors (Lipinski definition) is 0. The predicted octanol–water partition coefficient (Wildman–Crippen LogP) is 10.6. The lowest BCUT2D eigenvalue weighted by Crippen LogP contribution is -2.60. The summed E-state index contributed by atoms with van der Waals surface area (Å²) < 4.78 is 13.9. The van der Waals surface area contributed by atoms with E-state index in [-0.39, 0.29) is 27.4 Å². The zero-order valence-corrected chi connectivity index (χ0v) is 28.6. The maximum Gasteiger partial charge on any atom is 0.129 e. The maximum absolute atomic E-state index is 12.3. The van der Waals surface area contributed by atoms with Gasteiger partial charge in [0.15, 0.2) is 0 Å². The standard InChI is InChI=1S/C38H62O3/c1-25(39)13-15-31-35(8)21-12-20-33(4,5)29(35)18-23-38(31,11)41-27(3)28-17-22-36(9)30(34(28,6)7)19-24-37(10)32(36)16-14-26(2)40-37/h14,29-32H,12-13,15-24H2,1-11H3. The summed E-state index contributed by atoms with van der Waals surface area (Å²) in [7, 11) is 0. The van der Waals surface area contributed by atoms with E-state index in [1.165, 1.54) is 44.3 Å². The molecule has 41 heavy (non-hydrogen) atoms. The lowest BCUT2D eigenvalue weighted by atomic mass is 9.44. The van der Waals surface area contributed by atoms with Crippen LogP contribution < -0.4 is 0 Å². The van der Waals surface area contributed by atoms with E-state index in [9.17, 15) is 4.79 Å². The number of carbonyl (C=O) groups is 1. The first kappa shape index (κ1) is 31.2. The van der Waals surface area contributed by atoms with Crippen LogP contribution in [0.5, 0.6) is 0 Å². The van der Waals surface area contributed by atoms with Crippen molar-refractivity contribution in [1.82, 2.24) is 0 Å². The van der Waals surface area contributed by atoms with E-state index in [4.69, 9.17) is 9.47 Å². The number of carbonyl (C=O) groups excluding carboxylic acids is 1. The summed E-state index contributed by atoms with van der Waals surface area (Å²) in [6, 6.07) is 0. The fourth-order valence-electron chi connectivity index (χ4n) is 12.4. The van der Waals surface area contributed by atoms with Crippen molar-refractivity contribution < 1.29 is 14.3 Å². The van der Waals surface area contributed by atoms with E-state index in [0.717, 1.165) is 37.9 Å². The van der Waals surface area contributed by atoms with Crippen molar-refractivity contribution in [1.29, 1.82) is 0 Å². The van der Waals surface area contributed by atoms with Gasteiger partial charge >= 0.3 is 0 Å². The zero-order chi connectivity index (χ0) is 30.2. The average molecular weight is 567 g/mol. The van der Waals surface area contributed by atoms with Crippen LogP contribution in [0.1, 0.15) is 153 Å². The molecule has 1 aliphatic heterocycles. The van der Waals surface area contributed by atoms with Crippen LogP contribution in [0.4, 0.5) is 0 Å². The molecule has 0 aromatic rings. The number of allylic oxidation sites excluding steroid dienone is 4. The van der Waals surface area contributed by atoms with Crippen LogP contribution in [0.2, 0.25) is 0 Å². The highest BCUT2D eigenvalue weighted by molar-refractivity contribution is 5.75. The van der Waals surface area contributed by atoms with Gasteiger partial charge in [0.05, 0.1) is 11.5 Å². The highest BCUT2D eigenvalue weighted by Gasteiger charge is 2.62. The van der Waals surface area contributed by atoms with Gasteiger partial charge in [-0.3, -0.25) is 0 Å². The first-order valence-electron chi connectivity index (χ1n) is 17.1. The van der Waals surface area contributed by atoms with Crippen molar-refractivity contribution in [3.05, 3.63) is 23.2 Å². The average Bonchev–Trinajstić information content (AvgIpc) is 2.81. The third-order valence-electron chi connectivity index (χ3n) is 14.2.